The Bertz CT molecular complexity index is 1400. The first-order chi connectivity index (χ1) is 20.2. The molecule has 0 aromatic heterocycles. The maximum Gasteiger partial charge on any atom is 4.00 e. The van der Waals surface area contributed by atoms with Gasteiger partial charge in [-0.3, -0.25) is 0 Å². The van der Waals surface area contributed by atoms with E-state index in [4.69, 9.17) is 18.9 Å². The van der Waals surface area contributed by atoms with Crippen LogP contribution in [-0.2, 0) is 44.4 Å². The Morgan fingerprint density at radius 2 is 1.00 bits per heavy atom. The molecule has 0 aliphatic rings. The van der Waals surface area contributed by atoms with Crippen LogP contribution in [0.2, 0.25) is 0 Å². The Labute approximate surface area is 276 Å². The third-order valence-electron chi connectivity index (χ3n) is 5.60. The van der Waals surface area contributed by atoms with Crippen molar-refractivity contribution in [3.63, 3.8) is 0 Å². The molecule has 45 heavy (non-hydrogen) atoms. The monoisotopic (exact) mass is 660 g/mol. The minimum Gasteiger partial charge on any atom is -0.497 e. The Kier molecular flexibility index (Phi) is 19.2. The van der Waals surface area contributed by atoms with Gasteiger partial charge in [0.2, 0.25) is 0 Å². The molecule has 0 fully saturated rings. The predicted octanol–water partition coefficient (Wildman–Crippen LogP) is 7.24. The van der Waals surface area contributed by atoms with Gasteiger partial charge in [-0.25, -0.2) is 17.6 Å². The molecule has 0 radical (unpaired) electrons. The quantitative estimate of drug-likeness (QED) is 0.0691. The van der Waals surface area contributed by atoms with Gasteiger partial charge in [0.15, 0.2) is 0 Å². The first-order valence-electron chi connectivity index (χ1n) is 12.4. The summed E-state index contributed by atoms with van der Waals surface area (Å²) < 4.78 is 72.8. The molecule has 0 saturated heterocycles. The zero-order valence-electron chi connectivity index (χ0n) is 25.2. The molecule has 4 rings (SSSR count). The largest absolute Gasteiger partial charge is 4.00 e. The number of Topliss-reactive ketones (excluding diaryl/α,β-unsaturated/α-hetero) is 2. The number of hydrogen-bond acceptors (Lipinski definition) is 6. The molecule has 4 aromatic carbocycles. The van der Waals surface area contributed by atoms with Crippen LogP contribution in [0.5, 0.6) is 11.5 Å². The number of benzene rings is 4. The summed E-state index contributed by atoms with van der Waals surface area (Å²) in [5.41, 5.74) is 1.19. The average Bonchev–Trinajstić information content (AvgIpc) is 2.97. The van der Waals surface area contributed by atoms with Crippen LogP contribution in [0.15, 0.2) is 72.8 Å². The van der Waals surface area contributed by atoms with E-state index < -0.39 is 34.8 Å². The third kappa shape index (κ3) is 13.4. The predicted molar refractivity (Wildman–Crippen MR) is 157 cm³/mol. The number of ketones is 2. The van der Waals surface area contributed by atoms with Crippen LogP contribution in [0.4, 0.5) is 17.6 Å². The average molecular weight is 660 g/mol. The molecule has 4 aromatic rings. The van der Waals surface area contributed by atoms with Gasteiger partial charge in [0.1, 0.15) is 23.1 Å². The van der Waals surface area contributed by atoms with Crippen molar-refractivity contribution in [2.75, 3.05) is 27.4 Å². The van der Waals surface area contributed by atoms with Crippen molar-refractivity contribution < 1.29 is 67.8 Å². The fraction of sp³-hybridized carbons (Fsp3) is 0.176. The zero-order chi connectivity index (χ0) is 30.5. The van der Waals surface area contributed by atoms with Crippen LogP contribution in [0.3, 0.4) is 0 Å². The third-order valence-corrected chi connectivity index (χ3v) is 5.60. The van der Waals surface area contributed by atoms with E-state index in [9.17, 15) is 27.2 Å². The number of ether oxygens (including phenoxy) is 4. The Balaban J connectivity index is 0.000000807. The van der Waals surface area contributed by atoms with Gasteiger partial charge in [0, 0.05) is 23.3 Å². The van der Waals surface area contributed by atoms with Gasteiger partial charge in [-0.05, 0) is 35.4 Å². The molecule has 0 bridgehead atoms. The summed E-state index contributed by atoms with van der Waals surface area (Å²) in [5.74, 6) is -3.47. The van der Waals surface area contributed by atoms with Crippen molar-refractivity contribution in [3.8, 4) is 11.5 Å². The van der Waals surface area contributed by atoms with E-state index >= 15 is 0 Å². The topological polar surface area (TPSA) is 71.1 Å². The molecular weight excluding hydrogens is 628 g/mol. The summed E-state index contributed by atoms with van der Waals surface area (Å²) >= 11 is 0. The van der Waals surface area contributed by atoms with Crippen molar-refractivity contribution in [1.29, 1.82) is 0 Å². The molecule has 236 valence electrons. The second-order valence-electron chi connectivity index (χ2n) is 8.60. The molecule has 0 aliphatic heterocycles. The smallest absolute Gasteiger partial charge is 0.497 e. The summed E-state index contributed by atoms with van der Waals surface area (Å²) in [4.78, 5) is 23.5. The summed E-state index contributed by atoms with van der Waals surface area (Å²) in [7, 11) is 3.11. The summed E-state index contributed by atoms with van der Waals surface area (Å²) in [5, 5.41) is 0. The van der Waals surface area contributed by atoms with E-state index in [1.54, 1.807) is 50.6 Å². The second-order valence-corrected chi connectivity index (χ2v) is 8.60. The van der Waals surface area contributed by atoms with Crippen LogP contribution in [0.1, 0.15) is 31.8 Å². The standard InChI is InChI=1S/2C16H13F2O3.2CH3.Ti/c2*1-20-13-4-2-3-11(7-13)9-21-10-16(19)14-6-5-12(17)8-15(14)18;;;/h2*2-7H,9-10H2,1H3;2*1H3;/q4*-1;+4. The first kappa shape index (κ1) is 41.2. The van der Waals surface area contributed by atoms with Gasteiger partial charge < -0.3 is 43.4 Å². The molecule has 0 N–H and O–H groups in total. The molecule has 0 saturated carbocycles. The maximum atomic E-state index is 13.4. The molecule has 0 aliphatic carbocycles. The van der Waals surface area contributed by atoms with E-state index in [-0.39, 0.29) is 74.1 Å². The molecule has 0 heterocycles. The van der Waals surface area contributed by atoms with E-state index in [0.29, 0.717) is 11.5 Å². The first-order valence-corrected chi connectivity index (χ1v) is 12.4. The van der Waals surface area contributed by atoms with Gasteiger partial charge in [-0.2, -0.15) is 12.1 Å². The normalized spacial score (nSPS) is 9.73. The van der Waals surface area contributed by atoms with Gasteiger partial charge in [-0.15, -0.1) is 24.3 Å². The summed E-state index contributed by atoms with van der Waals surface area (Å²) in [6.07, 6.45) is 0. The zero-order valence-corrected chi connectivity index (χ0v) is 26.8. The molecule has 0 unspecified atom stereocenters. The van der Waals surface area contributed by atoms with Crippen LogP contribution < -0.4 is 9.47 Å². The fourth-order valence-electron chi connectivity index (χ4n) is 3.52. The van der Waals surface area contributed by atoms with E-state index in [0.717, 1.165) is 35.4 Å². The van der Waals surface area contributed by atoms with Crippen molar-refractivity contribution in [2.24, 2.45) is 0 Å². The second kappa shape index (κ2) is 21.0. The molecule has 0 spiro atoms. The maximum absolute atomic E-state index is 13.4. The van der Waals surface area contributed by atoms with Crippen LogP contribution in [0, 0.1) is 50.3 Å². The van der Waals surface area contributed by atoms with Crippen LogP contribution >= 0.6 is 0 Å². The van der Waals surface area contributed by atoms with Gasteiger partial charge in [0.25, 0.3) is 0 Å². The molecule has 11 heteroatoms. The molecule has 0 amide bonds. The van der Waals surface area contributed by atoms with E-state index in [1.807, 2.05) is 24.3 Å². The van der Waals surface area contributed by atoms with Crippen LogP contribution in [-0.4, -0.2) is 39.0 Å². The van der Waals surface area contributed by atoms with Gasteiger partial charge >= 0.3 is 21.7 Å². The minimum atomic E-state index is -1.01. The van der Waals surface area contributed by atoms with Crippen molar-refractivity contribution in [1.82, 2.24) is 0 Å². The van der Waals surface area contributed by atoms with Gasteiger partial charge in [-0.1, -0.05) is 35.4 Å². The number of carbonyl (C=O) groups excluding carboxylic acids is 2. The van der Waals surface area contributed by atoms with Crippen molar-refractivity contribution >= 4 is 11.6 Å². The molecular formula is C34H32F4O6Ti. The minimum absolute atomic E-state index is 0. The van der Waals surface area contributed by atoms with Crippen molar-refractivity contribution in [3.05, 3.63) is 145 Å². The number of carbonyl (C=O) groups is 2. The van der Waals surface area contributed by atoms with E-state index in [2.05, 4.69) is 0 Å². The van der Waals surface area contributed by atoms with E-state index in [1.165, 1.54) is 0 Å². The van der Waals surface area contributed by atoms with Gasteiger partial charge in [0.05, 0.1) is 40.6 Å². The number of rotatable bonds is 12. The SMILES string of the molecule is COc1cccc(COCC(=O)c2ccc(F)[c-]c2F)c1.COc1cccc(COCC(=O)c2ccc(F)[c-]c2F)c1.[CH3-].[CH3-].[Ti+4]. The van der Waals surface area contributed by atoms with Crippen molar-refractivity contribution in [2.45, 2.75) is 13.2 Å². The fourth-order valence-corrected chi connectivity index (χ4v) is 3.52. The number of hydrogen-bond donors (Lipinski definition) is 0. The number of halogens is 4. The summed E-state index contributed by atoms with van der Waals surface area (Å²) in [6, 6.07) is 22.1. The number of methoxy groups -OCH3 is 2. The van der Waals surface area contributed by atoms with Crippen LogP contribution in [0.25, 0.3) is 0 Å². The molecule has 6 nitrogen and oxygen atoms in total. The molecule has 0 atom stereocenters. The Morgan fingerprint density at radius 3 is 1.33 bits per heavy atom. The Hall–Kier alpha value is -3.83. The Morgan fingerprint density at radius 1 is 0.622 bits per heavy atom. The summed E-state index contributed by atoms with van der Waals surface area (Å²) in [6.45, 7) is -0.216.